The number of benzene rings is 1. The van der Waals surface area contributed by atoms with Crippen molar-refractivity contribution < 1.29 is 14.0 Å². The van der Waals surface area contributed by atoms with Crippen LogP contribution in [0.4, 0.5) is 10.1 Å². The van der Waals surface area contributed by atoms with Crippen LogP contribution in [0.25, 0.3) is 0 Å². The smallest absolute Gasteiger partial charge is 0.227 e. The van der Waals surface area contributed by atoms with Gasteiger partial charge in [-0.15, -0.1) is 0 Å². The van der Waals surface area contributed by atoms with E-state index in [1.807, 2.05) is 13.8 Å². The molecule has 1 aromatic rings. The minimum absolute atomic E-state index is 0.0864. The highest BCUT2D eigenvalue weighted by molar-refractivity contribution is 6.00. The first kappa shape index (κ1) is 14.5. The second kappa shape index (κ2) is 6.03. The SMILES string of the molecule is CC(C)CNC(=O)C1CC(=O)N(c2ccc(F)cc2)C1. The van der Waals surface area contributed by atoms with E-state index in [9.17, 15) is 14.0 Å². The number of nitrogens with one attached hydrogen (secondary N) is 1. The Kier molecular flexibility index (Phi) is 4.37. The molecule has 0 bridgehead atoms. The van der Waals surface area contributed by atoms with Crippen molar-refractivity contribution in [3.05, 3.63) is 30.1 Å². The molecule has 0 spiro atoms. The van der Waals surface area contributed by atoms with Gasteiger partial charge in [-0.3, -0.25) is 9.59 Å². The first-order valence-electron chi connectivity index (χ1n) is 6.81. The number of carbonyl (C=O) groups is 2. The van der Waals surface area contributed by atoms with Crippen LogP contribution < -0.4 is 10.2 Å². The van der Waals surface area contributed by atoms with E-state index >= 15 is 0 Å². The minimum Gasteiger partial charge on any atom is -0.356 e. The molecule has 0 aromatic heterocycles. The Balaban J connectivity index is 2.00. The fourth-order valence-corrected chi connectivity index (χ4v) is 2.20. The molecule has 2 rings (SSSR count). The number of nitrogens with zero attached hydrogens (tertiary/aromatic N) is 1. The van der Waals surface area contributed by atoms with Crippen LogP contribution in [0.15, 0.2) is 24.3 Å². The highest BCUT2D eigenvalue weighted by Crippen LogP contribution is 2.25. The quantitative estimate of drug-likeness (QED) is 0.915. The van der Waals surface area contributed by atoms with Crippen molar-refractivity contribution in [1.82, 2.24) is 5.32 Å². The van der Waals surface area contributed by atoms with E-state index in [0.29, 0.717) is 24.7 Å². The molecule has 4 nitrogen and oxygen atoms in total. The van der Waals surface area contributed by atoms with Gasteiger partial charge in [-0.1, -0.05) is 13.8 Å². The molecule has 1 fully saturated rings. The summed E-state index contributed by atoms with van der Waals surface area (Å²) in [5, 5.41) is 2.85. The summed E-state index contributed by atoms with van der Waals surface area (Å²) in [6.07, 6.45) is 0.210. The molecule has 0 radical (unpaired) electrons. The molecule has 1 aliphatic heterocycles. The maximum Gasteiger partial charge on any atom is 0.227 e. The summed E-state index contributed by atoms with van der Waals surface area (Å²) in [7, 11) is 0. The molecular weight excluding hydrogens is 259 g/mol. The third kappa shape index (κ3) is 3.35. The van der Waals surface area contributed by atoms with Crippen molar-refractivity contribution in [3.63, 3.8) is 0 Å². The second-order valence-corrected chi connectivity index (χ2v) is 5.52. The summed E-state index contributed by atoms with van der Waals surface area (Å²) in [5.74, 6) is -0.472. The zero-order chi connectivity index (χ0) is 14.7. The Labute approximate surface area is 118 Å². The lowest BCUT2D eigenvalue weighted by atomic mass is 10.1. The van der Waals surface area contributed by atoms with Gasteiger partial charge >= 0.3 is 0 Å². The predicted molar refractivity (Wildman–Crippen MR) is 74.7 cm³/mol. The normalized spacial score (nSPS) is 18.7. The first-order valence-corrected chi connectivity index (χ1v) is 6.81. The number of anilines is 1. The molecule has 1 N–H and O–H groups in total. The lowest BCUT2D eigenvalue weighted by molar-refractivity contribution is -0.126. The summed E-state index contributed by atoms with van der Waals surface area (Å²) in [6.45, 7) is 5.00. The summed E-state index contributed by atoms with van der Waals surface area (Å²) in [4.78, 5) is 25.5. The number of halogens is 1. The molecule has 108 valence electrons. The lowest BCUT2D eigenvalue weighted by Crippen LogP contribution is -2.35. The zero-order valence-corrected chi connectivity index (χ0v) is 11.7. The average Bonchev–Trinajstić information content (AvgIpc) is 2.79. The average molecular weight is 278 g/mol. The van der Waals surface area contributed by atoms with E-state index in [1.54, 1.807) is 17.0 Å². The molecule has 1 unspecified atom stereocenters. The van der Waals surface area contributed by atoms with Crippen LogP contribution in [0.5, 0.6) is 0 Å². The summed E-state index contributed by atoms with van der Waals surface area (Å²) in [6, 6.07) is 5.74. The van der Waals surface area contributed by atoms with Gasteiger partial charge in [0.15, 0.2) is 0 Å². The zero-order valence-electron chi connectivity index (χ0n) is 11.7. The standard InChI is InChI=1S/C15H19FN2O2/c1-10(2)8-17-15(20)11-7-14(19)18(9-11)13-5-3-12(16)4-6-13/h3-6,10-11H,7-9H2,1-2H3,(H,17,20). The molecule has 2 amide bonds. The van der Waals surface area contributed by atoms with Crippen LogP contribution >= 0.6 is 0 Å². The van der Waals surface area contributed by atoms with Crippen molar-refractivity contribution in [2.75, 3.05) is 18.0 Å². The Morgan fingerprint density at radius 3 is 2.65 bits per heavy atom. The van der Waals surface area contributed by atoms with Crippen molar-refractivity contribution in [2.45, 2.75) is 20.3 Å². The lowest BCUT2D eigenvalue weighted by Gasteiger charge is -2.17. The van der Waals surface area contributed by atoms with Crippen LogP contribution in [-0.2, 0) is 9.59 Å². The molecular formula is C15H19FN2O2. The minimum atomic E-state index is -0.341. The number of hydrogen-bond donors (Lipinski definition) is 1. The fourth-order valence-electron chi connectivity index (χ4n) is 2.20. The van der Waals surface area contributed by atoms with Gasteiger partial charge in [-0.2, -0.15) is 0 Å². The Hall–Kier alpha value is -1.91. The number of hydrogen-bond acceptors (Lipinski definition) is 2. The van der Waals surface area contributed by atoms with Crippen LogP contribution in [0, 0.1) is 17.7 Å². The molecule has 20 heavy (non-hydrogen) atoms. The maximum atomic E-state index is 12.9. The van der Waals surface area contributed by atoms with Gasteiger partial charge in [0.2, 0.25) is 11.8 Å². The molecule has 1 saturated heterocycles. The summed E-state index contributed by atoms with van der Waals surface area (Å²) in [5.41, 5.74) is 0.635. The van der Waals surface area contributed by atoms with E-state index in [0.717, 1.165) is 0 Å². The van der Waals surface area contributed by atoms with E-state index in [-0.39, 0.29) is 30.0 Å². The third-order valence-corrected chi connectivity index (χ3v) is 3.32. The largest absolute Gasteiger partial charge is 0.356 e. The monoisotopic (exact) mass is 278 g/mol. The molecule has 0 saturated carbocycles. The van der Waals surface area contributed by atoms with Crippen molar-refractivity contribution in [2.24, 2.45) is 11.8 Å². The van der Waals surface area contributed by atoms with Crippen LogP contribution in [-0.4, -0.2) is 24.9 Å². The van der Waals surface area contributed by atoms with Gasteiger partial charge in [0.1, 0.15) is 5.82 Å². The van der Waals surface area contributed by atoms with Gasteiger partial charge in [0.05, 0.1) is 5.92 Å². The molecule has 1 heterocycles. The number of carbonyl (C=O) groups excluding carboxylic acids is 2. The van der Waals surface area contributed by atoms with Gasteiger partial charge in [0, 0.05) is 25.2 Å². The Bertz CT molecular complexity index is 499. The van der Waals surface area contributed by atoms with Crippen molar-refractivity contribution in [1.29, 1.82) is 0 Å². The third-order valence-electron chi connectivity index (χ3n) is 3.32. The van der Waals surface area contributed by atoms with E-state index < -0.39 is 0 Å². The molecule has 1 aliphatic rings. The molecule has 1 aromatic carbocycles. The first-order chi connectivity index (χ1) is 9.47. The van der Waals surface area contributed by atoms with E-state index in [1.165, 1.54) is 12.1 Å². The maximum absolute atomic E-state index is 12.9. The fraction of sp³-hybridized carbons (Fsp3) is 0.467. The van der Waals surface area contributed by atoms with Crippen LogP contribution in [0.3, 0.4) is 0 Å². The predicted octanol–water partition coefficient (Wildman–Crippen LogP) is 1.95. The number of amides is 2. The Morgan fingerprint density at radius 2 is 2.05 bits per heavy atom. The van der Waals surface area contributed by atoms with Crippen LogP contribution in [0.1, 0.15) is 20.3 Å². The number of rotatable bonds is 4. The van der Waals surface area contributed by atoms with E-state index in [4.69, 9.17) is 0 Å². The van der Waals surface area contributed by atoms with Gasteiger partial charge in [-0.05, 0) is 30.2 Å². The molecule has 0 aliphatic carbocycles. The molecule has 1 atom stereocenters. The van der Waals surface area contributed by atoms with Gasteiger partial charge < -0.3 is 10.2 Å². The van der Waals surface area contributed by atoms with E-state index in [2.05, 4.69) is 5.32 Å². The van der Waals surface area contributed by atoms with Crippen molar-refractivity contribution >= 4 is 17.5 Å². The van der Waals surface area contributed by atoms with Crippen LogP contribution in [0.2, 0.25) is 0 Å². The molecule has 5 heteroatoms. The highest BCUT2D eigenvalue weighted by Gasteiger charge is 2.34. The summed E-state index contributed by atoms with van der Waals surface area (Å²) >= 11 is 0. The second-order valence-electron chi connectivity index (χ2n) is 5.52. The van der Waals surface area contributed by atoms with Gasteiger partial charge in [0.25, 0.3) is 0 Å². The highest BCUT2D eigenvalue weighted by atomic mass is 19.1. The summed E-state index contributed by atoms with van der Waals surface area (Å²) < 4.78 is 12.9. The topological polar surface area (TPSA) is 49.4 Å². The Morgan fingerprint density at radius 1 is 1.40 bits per heavy atom. The van der Waals surface area contributed by atoms with Gasteiger partial charge in [-0.25, -0.2) is 4.39 Å². The van der Waals surface area contributed by atoms with Crippen molar-refractivity contribution in [3.8, 4) is 0 Å².